The number of ether oxygens (including phenoxy) is 1. The number of carbonyl (C=O) groups excluding carboxylic acids is 2. The number of carbonyl (C=O) groups is 2. The maximum atomic E-state index is 13.4. The fourth-order valence-electron chi connectivity index (χ4n) is 4.61. The van der Waals surface area contributed by atoms with Gasteiger partial charge in [0, 0.05) is 26.3 Å². The van der Waals surface area contributed by atoms with Crippen molar-refractivity contribution in [2.45, 2.75) is 33.1 Å². The van der Waals surface area contributed by atoms with Crippen LogP contribution in [-0.4, -0.2) is 51.2 Å². The number of benzene rings is 1. The van der Waals surface area contributed by atoms with E-state index in [-0.39, 0.29) is 11.9 Å². The average Bonchev–Trinajstić information content (AvgIpc) is 3.44. The third-order valence-electron chi connectivity index (χ3n) is 6.38. The van der Waals surface area contributed by atoms with E-state index in [2.05, 4.69) is 29.3 Å². The summed E-state index contributed by atoms with van der Waals surface area (Å²) in [5.41, 5.74) is 3.57. The van der Waals surface area contributed by atoms with E-state index in [4.69, 9.17) is 4.74 Å². The molecule has 7 heteroatoms. The summed E-state index contributed by atoms with van der Waals surface area (Å²) in [5.74, 6) is -0.369. The molecule has 1 atom stereocenters. The van der Waals surface area contributed by atoms with E-state index in [0.29, 0.717) is 38.2 Å². The number of nitrogens with zero attached hydrogens (tertiary/aromatic N) is 3. The van der Waals surface area contributed by atoms with E-state index >= 15 is 0 Å². The molecule has 2 aromatic heterocycles. The number of aromatic amines is 1. The molecule has 0 aliphatic carbocycles. The van der Waals surface area contributed by atoms with Gasteiger partial charge in [-0.1, -0.05) is 24.3 Å². The van der Waals surface area contributed by atoms with Crippen molar-refractivity contribution in [1.29, 1.82) is 0 Å². The normalized spacial score (nSPS) is 18.5. The molecule has 0 unspecified atom stereocenters. The summed E-state index contributed by atoms with van der Waals surface area (Å²) in [6.45, 7) is 5.13. The topological polar surface area (TPSA) is 80.2 Å². The molecule has 0 bridgehead atoms. The van der Waals surface area contributed by atoms with E-state index in [1.54, 1.807) is 11.0 Å². The number of rotatable bonds is 6. The highest BCUT2D eigenvalue weighted by atomic mass is 16.5. The Kier molecular flexibility index (Phi) is 6.17. The van der Waals surface area contributed by atoms with Crippen molar-refractivity contribution in [3.05, 3.63) is 65.5 Å². The number of H-pyrrole nitrogens is 1. The fourth-order valence-corrected chi connectivity index (χ4v) is 4.61. The lowest BCUT2D eigenvalue weighted by molar-refractivity contribution is -0.158. The third-order valence-corrected chi connectivity index (χ3v) is 6.38. The molecule has 1 aromatic carbocycles. The molecule has 7 nitrogen and oxygen atoms in total. The predicted molar refractivity (Wildman–Crippen MR) is 122 cm³/mol. The number of aromatic nitrogens is 3. The van der Waals surface area contributed by atoms with Crippen LogP contribution in [-0.2, 0) is 23.0 Å². The predicted octanol–water partition coefficient (Wildman–Crippen LogP) is 3.75. The average molecular weight is 435 g/mol. The van der Waals surface area contributed by atoms with Gasteiger partial charge in [0.25, 0.3) is 5.91 Å². The van der Waals surface area contributed by atoms with Crippen molar-refractivity contribution in [2.75, 3.05) is 19.7 Å². The summed E-state index contributed by atoms with van der Waals surface area (Å²) in [7, 11) is 1.94. The molecule has 1 fully saturated rings. The van der Waals surface area contributed by atoms with Crippen LogP contribution in [0.15, 0.2) is 48.7 Å². The van der Waals surface area contributed by atoms with Gasteiger partial charge in [-0.05, 0) is 62.4 Å². The van der Waals surface area contributed by atoms with Gasteiger partial charge in [-0.15, -0.1) is 0 Å². The van der Waals surface area contributed by atoms with E-state index in [1.165, 1.54) is 0 Å². The number of nitrogens with one attached hydrogen (secondary N) is 1. The van der Waals surface area contributed by atoms with Crippen molar-refractivity contribution in [3.8, 4) is 11.4 Å². The van der Waals surface area contributed by atoms with Gasteiger partial charge in [0.05, 0.1) is 17.7 Å². The molecule has 0 radical (unpaired) electrons. The Labute approximate surface area is 188 Å². The second-order valence-electron chi connectivity index (χ2n) is 8.61. The first-order chi connectivity index (χ1) is 15.4. The van der Waals surface area contributed by atoms with Gasteiger partial charge in [-0.3, -0.25) is 14.7 Å². The lowest BCUT2D eigenvalue weighted by atomic mass is 9.74. The molecular weight excluding hydrogens is 404 g/mol. The first-order valence-electron chi connectivity index (χ1n) is 11.1. The molecule has 4 rings (SSSR count). The Morgan fingerprint density at radius 3 is 2.75 bits per heavy atom. The molecule has 1 N–H and O–H groups in total. The Morgan fingerprint density at radius 2 is 2.03 bits per heavy atom. The van der Waals surface area contributed by atoms with Crippen LogP contribution >= 0.6 is 0 Å². The van der Waals surface area contributed by atoms with Gasteiger partial charge in [0.2, 0.25) is 0 Å². The number of piperidine rings is 1. The number of hydrogen-bond donors (Lipinski definition) is 1. The Balaban J connectivity index is 1.59. The molecule has 3 aromatic rings. The van der Waals surface area contributed by atoms with Gasteiger partial charge in [-0.2, -0.15) is 5.10 Å². The van der Waals surface area contributed by atoms with Crippen LogP contribution in [0.3, 0.4) is 0 Å². The smallest absolute Gasteiger partial charge is 0.314 e. The Bertz CT molecular complexity index is 1120. The van der Waals surface area contributed by atoms with Crippen LogP contribution in [0.2, 0.25) is 0 Å². The second-order valence-corrected chi connectivity index (χ2v) is 8.61. The zero-order valence-corrected chi connectivity index (χ0v) is 18.9. The lowest BCUT2D eigenvalue weighted by Crippen LogP contribution is -2.51. The summed E-state index contributed by atoms with van der Waals surface area (Å²) in [4.78, 5) is 28.3. The highest BCUT2D eigenvalue weighted by molar-refractivity contribution is 5.94. The number of aryl methyl sites for hydroxylation is 2. The van der Waals surface area contributed by atoms with Crippen molar-refractivity contribution in [3.63, 3.8) is 0 Å². The van der Waals surface area contributed by atoms with E-state index in [9.17, 15) is 9.59 Å². The molecule has 1 saturated heterocycles. The van der Waals surface area contributed by atoms with Crippen LogP contribution in [0.1, 0.15) is 41.4 Å². The first kappa shape index (κ1) is 21.9. The van der Waals surface area contributed by atoms with E-state index in [0.717, 1.165) is 28.9 Å². The molecule has 0 saturated carbocycles. The summed E-state index contributed by atoms with van der Waals surface area (Å²) >= 11 is 0. The molecular formula is C25H30N4O3. The molecule has 168 valence electrons. The zero-order valence-electron chi connectivity index (χ0n) is 18.9. The van der Waals surface area contributed by atoms with Crippen molar-refractivity contribution in [1.82, 2.24) is 19.7 Å². The van der Waals surface area contributed by atoms with Gasteiger partial charge in [-0.25, -0.2) is 0 Å². The standard InChI is InChI=1S/C25H30N4O3/c1-4-32-24(31)25(16-19-10-6-5-9-18(19)2)12-8-14-29(17-25)23(30)21-15-20(26-27-21)22-11-7-13-28(22)3/h5-7,9-11,13,15H,4,8,12,14,16-17H2,1-3H3,(H,26,27)/t25-/m0/s1. The third kappa shape index (κ3) is 4.20. The largest absolute Gasteiger partial charge is 0.466 e. The SMILES string of the molecule is CCOC(=O)[C@]1(Cc2ccccc2C)CCCN(C(=O)c2cc(-c3cccn3C)n[nH]2)C1. The summed E-state index contributed by atoms with van der Waals surface area (Å²) in [6, 6.07) is 13.8. The maximum Gasteiger partial charge on any atom is 0.314 e. The maximum absolute atomic E-state index is 13.4. The fraction of sp³-hybridized carbons (Fsp3) is 0.400. The number of amides is 1. The van der Waals surface area contributed by atoms with Crippen LogP contribution in [0, 0.1) is 12.3 Å². The summed E-state index contributed by atoms with van der Waals surface area (Å²) in [6.07, 6.45) is 3.94. The highest BCUT2D eigenvalue weighted by Crippen LogP contribution is 2.36. The van der Waals surface area contributed by atoms with E-state index < -0.39 is 5.41 Å². The van der Waals surface area contributed by atoms with Gasteiger partial charge in [0.1, 0.15) is 11.4 Å². The van der Waals surface area contributed by atoms with Crippen LogP contribution < -0.4 is 0 Å². The summed E-state index contributed by atoms with van der Waals surface area (Å²) in [5, 5.41) is 7.22. The van der Waals surface area contributed by atoms with Crippen molar-refractivity contribution < 1.29 is 14.3 Å². The van der Waals surface area contributed by atoms with Crippen LogP contribution in [0.4, 0.5) is 0 Å². The van der Waals surface area contributed by atoms with Crippen LogP contribution in [0.5, 0.6) is 0 Å². The molecule has 1 aliphatic rings. The monoisotopic (exact) mass is 434 g/mol. The molecule has 3 heterocycles. The highest BCUT2D eigenvalue weighted by Gasteiger charge is 2.45. The minimum atomic E-state index is -0.753. The van der Waals surface area contributed by atoms with E-state index in [1.807, 2.05) is 49.0 Å². The quantitative estimate of drug-likeness (QED) is 0.599. The molecule has 1 amide bonds. The van der Waals surface area contributed by atoms with Crippen LogP contribution in [0.25, 0.3) is 11.4 Å². The van der Waals surface area contributed by atoms with Gasteiger partial charge in [0.15, 0.2) is 0 Å². The van der Waals surface area contributed by atoms with Crippen molar-refractivity contribution in [2.24, 2.45) is 12.5 Å². The lowest BCUT2D eigenvalue weighted by Gasteiger charge is -2.41. The Morgan fingerprint density at radius 1 is 1.22 bits per heavy atom. The second kappa shape index (κ2) is 9.02. The molecule has 32 heavy (non-hydrogen) atoms. The minimum Gasteiger partial charge on any atom is -0.466 e. The number of esters is 1. The Hall–Kier alpha value is -3.35. The number of likely N-dealkylation sites (tertiary alicyclic amines) is 1. The first-order valence-corrected chi connectivity index (χ1v) is 11.1. The zero-order chi connectivity index (χ0) is 22.7. The van der Waals surface area contributed by atoms with Crippen molar-refractivity contribution >= 4 is 11.9 Å². The number of hydrogen-bond acceptors (Lipinski definition) is 4. The van der Waals surface area contributed by atoms with Gasteiger partial charge >= 0.3 is 5.97 Å². The summed E-state index contributed by atoms with van der Waals surface area (Å²) < 4.78 is 7.45. The van der Waals surface area contributed by atoms with Gasteiger partial charge < -0.3 is 14.2 Å². The molecule has 0 spiro atoms. The minimum absolute atomic E-state index is 0.142. The molecule has 1 aliphatic heterocycles.